The molecule has 1 saturated heterocycles. The van der Waals surface area contributed by atoms with Gasteiger partial charge in [-0.25, -0.2) is 0 Å². The van der Waals surface area contributed by atoms with E-state index in [1.807, 2.05) is 0 Å². The van der Waals surface area contributed by atoms with Gasteiger partial charge in [0.05, 0.1) is 12.2 Å². The first-order valence-corrected chi connectivity index (χ1v) is 8.84. The van der Waals surface area contributed by atoms with Gasteiger partial charge in [0, 0.05) is 6.54 Å². The summed E-state index contributed by atoms with van der Waals surface area (Å²) in [5.41, 5.74) is 0. The fourth-order valence-electron chi connectivity index (χ4n) is 3.82. The molecule has 1 N–H and O–H groups in total. The third-order valence-corrected chi connectivity index (χ3v) is 4.97. The van der Waals surface area contributed by atoms with E-state index in [4.69, 9.17) is 0 Å². The summed E-state index contributed by atoms with van der Waals surface area (Å²) in [6.45, 7) is 4.21. The van der Waals surface area contributed by atoms with E-state index >= 15 is 0 Å². The molecule has 2 rings (SSSR count). The van der Waals surface area contributed by atoms with Crippen molar-refractivity contribution >= 4 is 5.91 Å². The minimum atomic E-state index is 0.0782. The van der Waals surface area contributed by atoms with Crippen molar-refractivity contribution in [1.82, 2.24) is 15.1 Å². The van der Waals surface area contributed by atoms with Gasteiger partial charge in [0.25, 0.3) is 0 Å². The number of unbranched alkanes of at least 4 members (excludes halogenated alkanes) is 1. The highest BCUT2D eigenvalue weighted by Gasteiger charge is 2.42. The standard InChI is InChI=1S/C17H33N3O/c1-4-9-15-17(21)20(13-8-7-12-19(2)3)16(18-15)14-10-5-6-11-14/h14-16,18H,4-13H2,1-3H3. The Morgan fingerprint density at radius 2 is 1.95 bits per heavy atom. The van der Waals surface area contributed by atoms with Crippen LogP contribution in [0.3, 0.4) is 0 Å². The summed E-state index contributed by atoms with van der Waals surface area (Å²) in [4.78, 5) is 17.0. The fraction of sp³-hybridized carbons (Fsp3) is 0.941. The third-order valence-electron chi connectivity index (χ3n) is 4.97. The average Bonchev–Trinajstić information content (AvgIpc) is 3.05. The summed E-state index contributed by atoms with van der Waals surface area (Å²) >= 11 is 0. The molecule has 1 aliphatic carbocycles. The van der Waals surface area contributed by atoms with E-state index in [1.165, 1.54) is 32.1 Å². The topological polar surface area (TPSA) is 35.6 Å². The minimum absolute atomic E-state index is 0.0782. The van der Waals surface area contributed by atoms with Gasteiger partial charge in [-0.3, -0.25) is 10.1 Å². The van der Waals surface area contributed by atoms with Crippen molar-refractivity contribution in [2.45, 2.75) is 70.5 Å². The van der Waals surface area contributed by atoms with Gasteiger partial charge in [0.1, 0.15) is 0 Å². The molecule has 0 aromatic heterocycles. The average molecular weight is 295 g/mol. The number of rotatable bonds is 8. The first-order chi connectivity index (χ1) is 10.1. The molecule has 2 unspecified atom stereocenters. The predicted molar refractivity (Wildman–Crippen MR) is 87.1 cm³/mol. The second kappa shape index (κ2) is 8.14. The van der Waals surface area contributed by atoms with Crippen LogP contribution in [0.1, 0.15) is 58.3 Å². The van der Waals surface area contributed by atoms with Crippen LogP contribution in [-0.2, 0) is 4.79 Å². The van der Waals surface area contributed by atoms with Gasteiger partial charge in [-0.05, 0) is 58.7 Å². The summed E-state index contributed by atoms with van der Waals surface area (Å²) in [6, 6.07) is 0.0782. The molecule has 1 saturated carbocycles. The molecule has 4 heteroatoms. The molecule has 4 nitrogen and oxygen atoms in total. The summed E-state index contributed by atoms with van der Waals surface area (Å²) in [5, 5.41) is 3.65. The van der Waals surface area contributed by atoms with Gasteiger partial charge in [-0.2, -0.15) is 0 Å². The molecule has 1 heterocycles. The Morgan fingerprint density at radius 3 is 2.57 bits per heavy atom. The number of nitrogens with one attached hydrogen (secondary N) is 1. The molecule has 2 atom stereocenters. The first kappa shape index (κ1) is 16.8. The van der Waals surface area contributed by atoms with E-state index in [9.17, 15) is 4.79 Å². The molecule has 0 bridgehead atoms. The Hall–Kier alpha value is -0.610. The summed E-state index contributed by atoms with van der Waals surface area (Å²) in [5.74, 6) is 1.04. The molecule has 0 aromatic rings. The summed E-state index contributed by atoms with van der Waals surface area (Å²) in [6.07, 6.45) is 9.92. The van der Waals surface area contributed by atoms with Gasteiger partial charge in [-0.1, -0.05) is 26.2 Å². The predicted octanol–water partition coefficient (Wildman–Crippen LogP) is 2.45. The normalized spacial score (nSPS) is 27.2. The zero-order valence-electron chi connectivity index (χ0n) is 14.1. The Morgan fingerprint density at radius 1 is 1.24 bits per heavy atom. The highest BCUT2D eigenvalue weighted by atomic mass is 16.2. The van der Waals surface area contributed by atoms with Crippen LogP contribution in [0.2, 0.25) is 0 Å². The molecule has 0 aromatic carbocycles. The molecule has 1 aliphatic heterocycles. The molecular formula is C17H33N3O. The van der Waals surface area contributed by atoms with Gasteiger partial charge in [0.2, 0.25) is 5.91 Å². The van der Waals surface area contributed by atoms with E-state index in [-0.39, 0.29) is 6.04 Å². The molecular weight excluding hydrogens is 262 g/mol. The summed E-state index contributed by atoms with van der Waals surface area (Å²) < 4.78 is 0. The van der Waals surface area contributed by atoms with Crippen molar-refractivity contribution < 1.29 is 4.79 Å². The highest BCUT2D eigenvalue weighted by Crippen LogP contribution is 2.32. The van der Waals surface area contributed by atoms with Gasteiger partial charge >= 0.3 is 0 Å². The lowest BCUT2D eigenvalue weighted by Gasteiger charge is -2.29. The van der Waals surface area contributed by atoms with Crippen LogP contribution in [-0.4, -0.2) is 55.1 Å². The number of amides is 1. The van der Waals surface area contributed by atoms with E-state index in [0.717, 1.165) is 32.4 Å². The number of carbonyl (C=O) groups excluding carboxylic acids is 1. The van der Waals surface area contributed by atoms with E-state index in [0.29, 0.717) is 18.0 Å². The maximum absolute atomic E-state index is 12.6. The number of carbonyl (C=O) groups is 1. The van der Waals surface area contributed by atoms with Crippen LogP contribution >= 0.6 is 0 Å². The van der Waals surface area contributed by atoms with Crippen molar-refractivity contribution in [3.8, 4) is 0 Å². The zero-order chi connectivity index (χ0) is 15.2. The van der Waals surface area contributed by atoms with Crippen LogP contribution in [0.25, 0.3) is 0 Å². The van der Waals surface area contributed by atoms with Crippen molar-refractivity contribution in [2.24, 2.45) is 5.92 Å². The lowest BCUT2D eigenvalue weighted by molar-refractivity contribution is -0.130. The minimum Gasteiger partial charge on any atom is -0.326 e. The monoisotopic (exact) mass is 295 g/mol. The fourth-order valence-corrected chi connectivity index (χ4v) is 3.82. The van der Waals surface area contributed by atoms with Crippen molar-refractivity contribution in [2.75, 3.05) is 27.2 Å². The van der Waals surface area contributed by atoms with Crippen molar-refractivity contribution in [3.63, 3.8) is 0 Å². The van der Waals surface area contributed by atoms with Crippen LogP contribution in [0, 0.1) is 5.92 Å². The maximum Gasteiger partial charge on any atom is 0.241 e. The van der Waals surface area contributed by atoms with Gasteiger partial charge < -0.3 is 9.80 Å². The number of hydrogen-bond acceptors (Lipinski definition) is 3. The van der Waals surface area contributed by atoms with E-state index in [1.54, 1.807) is 0 Å². The molecule has 2 fully saturated rings. The quantitative estimate of drug-likeness (QED) is 0.699. The van der Waals surface area contributed by atoms with Gasteiger partial charge in [-0.15, -0.1) is 0 Å². The Bertz CT molecular complexity index is 326. The van der Waals surface area contributed by atoms with Crippen LogP contribution in [0.5, 0.6) is 0 Å². The second-order valence-corrected chi connectivity index (χ2v) is 7.04. The first-order valence-electron chi connectivity index (χ1n) is 8.84. The largest absolute Gasteiger partial charge is 0.326 e. The molecule has 0 radical (unpaired) electrons. The molecule has 21 heavy (non-hydrogen) atoms. The maximum atomic E-state index is 12.6. The van der Waals surface area contributed by atoms with Crippen LogP contribution in [0.4, 0.5) is 0 Å². The van der Waals surface area contributed by atoms with Crippen LogP contribution < -0.4 is 5.32 Å². The van der Waals surface area contributed by atoms with Crippen molar-refractivity contribution in [3.05, 3.63) is 0 Å². The van der Waals surface area contributed by atoms with Crippen molar-refractivity contribution in [1.29, 1.82) is 0 Å². The number of hydrogen-bond donors (Lipinski definition) is 1. The molecule has 0 spiro atoms. The Balaban J connectivity index is 1.90. The summed E-state index contributed by atoms with van der Waals surface area (Å²) in [7, 11) is 4.22. The second-order valence-electron chi connectivity index (χ2n) is 7.04. The smallest absolute Gasteiger partial charge is 0.241 e. The Kier molecular flexibility index (Phi) is 6.49. The molecule has 1 amide bonds. The van der Waals surface area contributed by atoms with Crippen LogP contribution in [0.15, 0.2) is 0 Å². The molecule has 2 aliphatic rings. The van der Waals surface area contributed by atoms with E-state index < -0.39 is 0 Å². The number of nitrogens with zero attached hydrogens (tertiary/aromatic N) is 2. The van der Waals surface area contributed by atoms with Gasteiger partial charge in [0.15, 0.2) is 0 Å². The third kappa shape index (κ3) is 4.43. The lowest BCUT2D eigenvalue weighted by atomic mass is 10.0. The lowest BCUT2D eigenvalue weighted by Crippen LogP contribution is -2.43. The zero-order valence-corrected chi connectivity index (χ0v) is 14.1. The highest BCUT2D eigenvalue weighted by molar-refractivity contribution is 5.84. The SMILES string of the molecule is CCCC1NC(C2CCCC2)N(CCCCN(C)C)C1=O. The van der Waals surface area contributed by atoms with E-state index in [2.05, 4.69) is 36.1 Å². The molecule has 122 valence electrons. The Labute approximate surface area is 130 Å².